The van der Waals surface area contributed by atoms with Crippen LogP contribution in [0.5, 0.6) is 0 Å². The van der Waals surface area contributed by atoms with Gasteiger partial charge in [0.1, 0.15) is 5.82 Å². The largest absolute Gasteiger partial charge is 0.367 e. The Hall–Kier alpha value is -1.83. The summed E-state index contributed by atoms with van der Waals surface area (Å²) >= 11 is 0. The molecular weight excluding hydrogens is 258 g/mol. The van der Waals surface area contributed by atoms with Crippen molar-refractivity contribution in [3.05, 3.63) is 5.82 Å². The van der Waals surface area contributed by atoms with Crippen LogP contribution in [-0.4, -0.2) is 69.8 Å². The monoisotopic (exact) mass is 281 g/mol. The maximum absolute atomic E-state index is 12.0. The van der Waals surface area contributed by atoms with Crippen molar-refractivity contribution in [3.8, 4) is 0 Å². The number of carbonyl (C=O) groups excluding carboxylic acids is 1. The number of amides is 2. The van der Waals surface area contributed by atoms with Gasteiger partial charge < -0.3 is 16.0 Å². The van der Waals surface area contributed by atoms with Gasteiger partial charge in [-0.15, -0.1) is 5.10 Å². The quantitative estimate of drug-likeness (QED) is 0.701. The third kappa shape index (κ3) is 3.83. The first-order valence-electron chi connectivity index (χ1n) is 7.00. The van der Waals surface area contributed by atoms with E-state index in [2.05, 4.69) is 39.2 Å². The Balaban J connectivity index is 1.68. The van der Waals surface area contributed by atoms with Crippen molar-refractivity contribution < 1.29 is 4.79 Å². The number of anilines is 1. The van der Waals surface area contributed by atoms with Crippen LogP contribution in [0.25, 0.3) is 0 Å². The van der Waals surface area contributed by atoms with E-state index in [-0.39, 0.29) is 12.0 Å². The average Bonchev–Trinajstić information content (AvgIpc) is 2.84. The number of nitrogens with two attached hydrogens (primary N) is 1. The van der Waals surface area contributed by atoms with Gasteiger partial charge in [-0.05, 0) is 13.8 Å². The highest BCUT2D eigenvalue weighted by Crippen LogP contribution is 2.05. The van der Waals surface area contributed by atoms with Crippen LogP contribution in [0, 0.1) is 0 Å². The van der Waals surface area contributed by atoms with Crippen LogP contribution in [0.1, 0.15) is 19.7 Å². The first kappa shape index (κ1) is 14.6. The molecule has 0 spiro atoms. The lowest BCUT2D eigenvalue weighted by molar-refractivity contribution is 0.119. The van der Waals surface area contributed by atoms with E-state index in [1.54, 1.807) is 0 Å². The molecular formula is C12H23N7O. The van der Waals surface area contributed by atoms with Gasteiger partial charge in [-0.25, -0.2) is 4.79 Å². The summed E-state index contributed by atoms with van der Waals surface area (Å²) in [6.45, 7) is 8.31. The lowest BCUT2D eigenvalue weighted by Gasteiger charge is -2.36. The highest BCUT2D eigenvalue weighted by Gasteiger charge is 2.21. The Morgan fingerprint density at radius 2 is 2.10 bits per heavy atom. The van der Waals surface area contributed by atoms with Crippen LogP contribution in [0.4, 0.5) is 10.7 Å². The van der Waals surface area contributed by atoms with Crippen LogP contribution in [0.2, 0.25) is 0 Å². The first-order chi connectivity index (χ1) is 9.56. The molecule has 8 heteroatoms. The molecule has 2 rings (SSSR count). The minimum absolute atomic E-state index is 0.0131. The number of hydrogen-bond acceptors (Lipinski definition) is 5. The molecule has 1 saturated heterocycles. The summed E-state index contributed by atoms with van der Waals surface area (Å²) in [4.78, 5) is 20.2. The molecule has 1 aromatic rings. The molecule has 2 amide bonds. The zero-order valence-electron chi connectivity index (χ0n) is 12.1. The fraction of sp³-hybridized carbons (Fsp3) is 0.750. The number of aromatic amines is 1. The van der Waals surface area contributed by atoms with E-state index in [4.69, 9.17) is 5.73 Å². The minimum Gasteiger partial charge on any atom is -0.367 e. The molecule has 20 heavy (non-hydrogen) atoms. The van der Waals surface area contributed by atoms with Crippen LogP contribution < -0.4 is 11.1 Å². The zero-order valence-corrected chi connectivity index (χ0v) is 12.1. The Kier molecular flexibility index (Phi) is 4.78. The van der Waals surface area contributed by atoms with Crippen LogP contribution in [0.15, 0.2) is 0 Å². The van der Waals surface area contributed by atoms with Crippen molar-refractivity contribution in [1.29, 1.82) is 0 Å². The molecule has 0 aromatic carbocycles. The molecule has 4 N–H and O–H groups in total. The van der Waals surface area contributed by atoms with Crippen molar-refractivity contribution in [1.82, 2.24) is 30.3 Å². The minimum atomic E-state index is -0.0131. The summed E-state index contributed by atoms with van der Waals surface area (Å²) in [6.07, 6.45) is 0.599. The Bertz CT molecular complexity index is 437. The average molecular weight is 281 g/mol. The summed E-state index contributed by atoms with van der Waals surface area (Å²) in [6, 6.07) is 0.526. The zero-order chi connectivity index (χ0) is 14.5. The first-order valence-corrected chi connectivity index (χ1v) is 7.00. The lowest BCUT2D eigenvalue weighted by atomic mass is 10.2. The highest BCUT2D eigenvalue weighted by atomic mass is 16.2. The van der Waals surface area contributed by atoms with Crippen LogP contribution in [-0.2, 0) is 6.42 Å². The van der Waals surface area contributed by atoms with E-state index in [0.717, 1.165) is 26.2 Å². The number of aromatic nitrogens is 3. The molecule has 0 saturated carbocycles. The van der Waals surface area contributed by atoms with Gasteiger partial charge in [-0.3, -0.25) is 10.00 Å². The third-order valence-electron chi connectivity index (χ3n) is 3.52. The standard InChI is InChI=1S/C12H23N7O/c1-9(2)18-5-7-19(8-6-18)12(20)14-4-3-10-15-11(13)17-16-10/h9H,3-8H2,1-2H3,(H,14,20)(H3,13,15,16,17). The SMILES string of the molecule is CC(C)N1CCN(C(=O)NCCc2nc(N)n[nH]2)CC1. The molecule has 1 fully saturated rings. The van der Waals surface area contributed by atoms with E-state index >= 15 is 0 Å². The second kappa shape index (κ2) is 6.56. The van der Waals surface area contributed by atoms with Crippen LogP contribution in [0.3, 0.4) is 0 Å². The van der Waals surface area contributed by atoms with Gasteiger partial charge in [0.05, 0.1) is 0 Å². The Morgan fingerprint density at radius 1 is 1.40 bits per heavy atom. The number of carbonyl (C=O) groups is 1. The van der Waals surface area contributed by atoms with E-state index in [1.807, 2.05) is 4.90 Å². The fourth-order valence-electron chi connectivity index (χ4n) is 2.26. The molecule has 1 aliphatic heterocycles. The fourth-order valence-corrected chi connectivity index (χ4v) is 2.26. The molecule has 0 atom stereocenters. The van der Waals surface area contributed by atoms with Crippen molar-refractivity contribution in [2.75, 3.05) is 38.5 Å². The van der Waals surface area contributed by atoms with E-state index in [9.17, 15) is 4.79 Å². The summed E-state index contributed by atoms with van der Waals surface area (Å²) in [5.41, 5.74) is 5.41. The number of urea groups is 1. The number of H-pyrrole nitrogens is 1. The molecule has 0 unspecified atom stereocenters. The molecule has 1 aromatic heterocycles. The van der Waals surface area contributed by atoms with Crippen molar-refractivity contribution in [2.24, 2.45) is 0 Å². The van der Waals surface area contributed by atoms with Gasteiger partial charge in [-0.2, -0.15) is 4.98 Å². The number of nitrogens with one attached hydrogen (secondary N) is 2. The van der Waals surface area contributed by atoms with Crippen LogP contribution >= 0.6 is 0 Å². The third-order valence-corrected chi connectivity index (χ3v) is 3.52. The lowest BCUT2D eigenvalue weighted by Crippen LogP contribution is -2.53. The summed E-state index contributed by atoms with van der Waals surface area (Å²) in [7, 11) is 0. The number of nitrogen functional groups attached to an aromatic ring is 1. The Labute approximate surface area is 118 Å². The van der Waals surface area contributed by atoms with E-state index in [1.165, 1.54) is 0 Å². The molecule has 0 aliphatic carbocycles. The van der Waals surface area contributed by atoms with Crippen molar-refractivity contribution in [3.63, 3.8) is 0 Å². The maximum atomic E-state index is 12.0. The summed E-state index contributed by atoms with van der Waals surface area (Å²) in [5.74, 6) is 0.920. The van der Waals surface area contributed by atoms with E-state index < -0.39 is 0 Å². The second-order valence-corrected chi connectivity index (χ2v) is 5.24. The van der Waals surface area contributed by atoms with Gasteiger partial charge in [0, 0.05) is 45.2 Å². The maximum Gasteiger partial charge on any atom is 0.317 e. The Morgan fingerprint density at radius 3 is 2.65 bits per heavy atom. The molecule has 0 bridgehead atoms. The highest BCUT2D eigenvalue weighted by molar-refractivity contribution is 5.74. The number of piperazine rings is 1. The molecule has 1 aliphatic rings. The second-order valence-electron chi connectivity index (χ2n) is 5.24. The predicted octanol–water partition coefficient (Wildman–Crippen LogP) is -0.335. The van der Waals surface area contributed by atoms with E-state index in [0.29, 0.717) is 24.8 Å². The topological polar surface area (TPSA) is 103 Å². The van der Waals surface area contributed by atoms with Gasteiger partial charge >= 0.3 is 6.03 Å². The molecule has 112 valence electrons. The van der Waals surface area contributed by atoms with Gasteiger partial charge in [-0.1, -0.05) is 0 Å². The molecule has 2 heterocycles. The molecule has 0 radical (unpaired) electrons. The van der Waals surface area contributed by atoms with Gasteiger partial charge in [0.2, 0.25) is 5.95 Å². The smallest absolute Gasteiger partial charge is 0.317 e. The number of hydrogen-bond donors (Lipinski definition) is 3. The normalized spacial score (nSPS) is 16.6. The summed E-state index contributed by atoms with van der Waals surface area (Å²) in [5, 5.41) is 9.36. The van der Waals surface area contributed by atoms with Gasteiger partial charge in [0.25, 0.3) is 0 Å². The van der Waals surface area contributed by atoms with Crippen molar-refractivity contribution in [2.45, 2.75) is 26.3 Å². The predicted molar refractivity (Wildman–Crippen MR) is 76.2 cm³/mol. The van der Waals surface area contributed by atoms with Gasteiger partial charge in [0.15, 0.2) is 0 Å². The number of nitrogens with zero attached hydrogens (tertiary/aromatic N) is 4. The number of rotatable bonds is 4. The molecule has 8 nitrogen and oxygen atoms in total. The van der Waals surface area contributed by atoms with Crippen molar-refractivity contribution >= 4 is 12.0 Å². The summed E-state index contributed by atoms with van der Waals surface area (Å²) < 4.78 is 0.